The molecule has 1 N–H and O–H groups in total. The Morgan fingerprint density at radius 2 is 2.25 bits per heavy atom. The molecule has 1 atom stereocenters. The molecule has 0 spiro atoms. The maximum atomic E-state index is 12.6. The first kappa shape index (κ1) is 11.5. The van der Waals surface area contributed by atoms with E-state index in [0.29, 0.717) is 6.04 Å². The van der Waals surface area contributed by atoms with Crippen LogP contribution in [-0.4, -0.2) is 12.6 Å². The lowest BCUT2D eigenvalue weighted by molar-refractivity contribution is 0.151. The van der Waals surface area contributed by atoms with E-state index in [9.17, 15) is 8.78 Å². The van der Waals surface area contributed by atoms with E-state index >= 15 is 0 Å². The molecular formula is C13H17F2N. The van der Waals surface area contributed by atoms with Crippen LogP contribution in [-0.2, 0) is 6.42 Å². The molecule has 0 aliphatic carbocycles. The molecule has 1 aromatic rings. The molecule has 0 aromatic heterocycles. The first-order valence-corrected chi connectivity index (χ1v) is 5.78. The summed E-state index contributed by atoms with van der Waals surface area (Å²) in [5.74, 6) is 0. The van der Waals surface area contributed by atoms with Gasteiger partial charge in [-0.05, 0) is 49.9 Å². The Labute approximate surface area is 94.9 Å². The fourth-order valence-electron chi connectivity index (χ4n) is 2.24. The van der Waals surface area contributed by atoms with Crippen molar-refractivity contribution in [2.45, 2.75) is 38.7 Å². The largest absolute Gasteiger partial charge is 0.314 e. The summed E-state index contributed by atoms with van der Waals surface area (Å²) in [6, 6.07) is 5.43. The second-order valence-electron chi connectivity index (χ2n) is 4.48. The monoisotopic (exact) mass is 225 g/mol. The third-order valence-electron chi connectivity index (χ3n) is 3.25. The van der Waals surface area contributed by atoms with Gasteiger partial charge >= 0.3 is 0 Å². The lowest BCUT2D eigenvalue weighted by Crippen LogP contribution is -2.24. The number of nitrogens with one attached hydrogen (secondary N) is 1. The number of aryl methyl sites for hydroxylation is 1. The van der Waals surface area contributed by atoms with Crippen LogP contribution in [0.1, 0.15) is 36.0 Å². The van der Waals surface area contributed by atoms with Crippen LogP contribution in [0.3, 0.4) is 0 Å². The predicted octanol–water partition coefficient (Wildman–Crippen LogP) is 3.23. The van der Waals surface area contributed by atoms with Crippen molar-refractivity contribution in [2.75, 3.05) is 6.54 Å². The number of hydrogen-bond acceptors (Lipinski definition) is 1. The summed E-state index contributed by atoms with van der Waals surface area (Å²) in [6.07, 6.45) is 0.846. The highest BCUT2D eigenvalue weighted by Gasteiger charge is 2.16. The topological polar surface area (TPSA) is 12.0 Å². The molecule has 1 nitrogen and oxygen atoms in total. The van der Waals surface area contributed by atoms with Crippen molar-refractivity contribution in [3.8, 4) is 0 Å². The fraction of sp³-hybridized carbons (Fsp3) is 0.538. The molecule has 3 heteroatoms. The van der Waals surface area contributed by atoms with Crippen molar-refractivity contribution in [1.29, 1.82) is 0 Å². The van der Waals surface area contributed by atoms with Gasteiger partial charge in [0.15, 0.2) is 0 Å². The number of hydrogen-bond donors (Lipinski definition) is 1. The van der Waals surface area contributed by atoms with E-state index < -0.39 is 6.43 Å². The molecule has 1 fully saturated rings. The van der Waals surface area contributed by atoms with Gasteiger partial charge in [-0.15, -0.1) is 0 Å². The van der Waals surface area contributed by atoms with Crippen LogP contribution in [0.25, 0.3) is 0 Å². The van der Waals surface area contributed by atoms with Gasteiger partial charge in [-0.25, -0.2) is 8.78 Å². The van der Waals surface area contributed by atoms with Gasteiger partial charge in [-0.2, -0.15) is 0 Å². The van der Waals surface area contributed by atoms with Gasteiger partial charge in [-0.1, -0.05) is 12.1 Å². The van der Waals surface area contributed by atoms with E-state index in [-0.39, 0.29) is 5.56 Å². The molecule has 2 rings (SSSR count). The molecule has 0 radical (unpaired) electrons. The van der Waals surface area contributed by atoms with Crippen molar-refractivity contribution >= 4 is 0 Å². The number of rotatable bonds is 3. The summed E-state index contributed by atoms with van der Waals surface area (Å²) >= 11 is 0. The van der Waals surface area contributed by atoms with Crippen molar-refractivity contribution in [3.05, 3.63) is 34.9 Å². The molecule has 1 aromatic carbocycles. The van der Waals surface area contributed by atoms with Crippen molar-refractivity contribution < 1.29 is 8.78 Å². The lowest BCUT2D eigenvalue weighted by atomic mass is 9.98. The first-order chi connectivity index (χ1) is 7.66. The third kappa shape index (κ3) is 2.59. The molecule has 16 heavy (non-hydrogen) atoms. The lowest BCUT2D eigenvalue weighted by Gasteiger charge is -2.13. The predicted molar refractivity (Wildman–Crippen MR) is 60.9 cm³/mol. The summed E-state index contributed by atoms with van der Waals surface area (Å²) < 4.78 is 25.2. The minimum Gasteiger partial charge on any atom is -0.314 e. The molecule has 1 aliphatic rings. The van der Waals surface area contributed by atoms with Gasteiger partial charge in [0.2, 0.25) is 0 Å². The number of alkyl halides is 2. The standard InChI is InChI=1S/C13H17F2N/c1-9-4-5-10(13(14)15)7-11(9)8-12-3-2-6-16-12/h4-5,7,12-13,16H,2-3,6,8H2,1H3. The second-order valence-corrected chi connectivity index (χ2v) is 4.48. The summed E-state index contributed by atoms with van der Waals surface area (Å²) in [6.45, 7) is 3.04. The van der Waals surface area contributed by atoms with E-state index in [1.807, 2.05) is 6.92 Å². The third-order valence-corrected chi connectivity index (χ3v) is 3.25. The number of halogens is 2. The molecule has 1 saturated heterocycles. The van der Waals surface area contributed by atoms with Crippen LogP contribution in [0.2, 0.25) is 0 Å². The summed E-state index contributed by atoms with van der Waals surface area (Å²) in [7, 11) is 0. The Hall–Kier alpha value is -0.960. The van der Waals surface area contributed by atoms with Crippen LogP contribution in [0.4, 0.5) is 8.78 Å². The molecule has 0 amide bonds. The Bertz CT molecular complexity index is 357. The maximum Gasteiger partial charge on any atom is 0.263 e. The molecule has 88 valence electrons. The van der Waals surface area contributed by atoms with E-state index in [4.69, 9.17) is 0 Å². The average molecular weight is 225 g/mol. The Morgan fingerprint density at radius 1 is 1.44 bits per heavy atom. The highest BCUT2D eigenvalue weighted by atomic mass is 19.3. The van der Waals surface area contributed by atoms with Gasteiger partial charge in [0.1, 0.15) is 0 Å². The average Bonchev–Trinajstić information content (AvgIpc) is 2.73. The van der Waals surface area contributed by atoms with Gasteiger partial charge in [0.05, 0.1) is 0 Å². The zero-order valence-electron chi connectivity index (χ0n) is 9.47. The van der Waals surface area contributed by atoms with Crippen LogP contribution in [0.5, 0.6) is 0 Å². The smallest absolute Gasteiger partial charge is 0.263 e. The second kappa shape index (κ2) is 4.91. The van der Waals surface area contributed by atoms with E-state index in [1.165, 1.54) is 12.5 Å². The van der Waals surface area contributed by atoms with Crippen LogP contribution in [0, 0.1) is 6.92 Å². The Balaban J connectivity index is 2.14. The normalized spacial score (nSPS) is 20.6. The molecule has 0 bridgehead atoms. The molecule has 1 unspecified atom stereocenters. The molecule has 0 saturated carbocycles. The Morgan fingerprint density at radius 3 is 2.88 bits per heavy atom. The fourth-order valence-corrected chi connectivity index (χ4v) is 2.24. The summed E-state index contributed by atoms with van der Waals surface area (Å²) in [4.78, 5) is 0. The van der Waals surface area contributed by atoms with Crippen LogP contribution >= 0.6 is 0 Å². The van der Waals surface area contributed by atoms with E-state index in [0.717, 1.165) is 30.5 Å². The minimum absolute atomic E-state index is 0.138. The molecule has 1 heterocycles. The highest BCUT2D eigenvalue weighted by Crippen LogP contribution is 2.23. The van der Waals surface area contributed by atoms with E-state index in [1.54, 1.807) is 12.1 Å². The van der Waals surface area contributed by atoms with Gasteiger partial charge in [0.25, 0.3) is 6.43 Å². The van der Waals surface area contributed by atoms with E-state index in [2.05, 4.69) is 5.32 Å². The van der Waals surface area contributed by atoms with Crippen LogP contribution < -0.4 is 5.32 Å². The van der Waals surface area contributed by atoms with Crippen molar-refractivity contribution in [3.63, 3.8) is 0 Å². The molecular weight excluding hydrogens is 208 g/mol. The summed E-state index contributed by atoms with van der Waals surface area (Å²) in [5, 5.41) is 3.39. The summed E-state index contributed by atoms with van der Waals surface area (Å²) in [5.41, 5.74) is 2.30. The maximum absolute atomic E-state index is 12.6. The van der Waals surface area contributed by atoms with Crippen molar-refractivity contribution in [2.24, 2.45) is 0 Å². The SMILES string of the molecule is Cc1ccc(C(F)F)cc1CC1CCCN1. The number of benzene rings is 1. The highest BCUT2D eigenvalue weighted by molar-refractivity contribution is 5.32. The zero-order valence-corrected chi connectivity index (χ0v) is 9.47. The van der Waals surface area contributed by atoms with Crippen LogP contribution in [0.15, 0.2) is 18.2 Å². The van der Waals surface area contributed by atoms with Gasteiger partial charge in [0, 0.05) is 11.6 Å². The zero-order chi connectivity index (χ0) is 11.5. The van der Waals surface area contributed by atoms with Gasteiger partial charge < -0.3 is 5.32 Å². The van der Waals surface area contributed by atoms with Gasteiger partial charge in [-0.3, -0.25) is 0 Å². The van der Waals surface area contributed by atoms with Crippen molar-refractivity contribution in [1.82, 2.24) is 5.32 Å². The Kier molecular flexibility index (Phi) is 3.54. The molecule has 1 aliphatic heterocycles. The first-order valence-electron chi connectivity index (χ1n) is 5.78. The quantitative estimate of drug-likeness (QED) is 0.832. The minimum atomic E-state index is -2.36.